The number of hydrogen-bond donors (Lipinski definition) is 1. The van der Waals surface area contributed by atoms with E-state index < -0.39 is 5.91 Å². The maximum atomic E-state index is 10.8. The Hall–Kier alpha value is -1.00. The average Bonchev–Trinajstić information content (AvgIpc) is 2.05. The summed E-state index contributed by atoms with van der Waals surface area (Å²) in [5.41, 5.74) is 5.63. The van der Waals surface area contributed by atoms with Crippen LogP contribution in [0.3, 0.4) is 0 Å². The van der Waals surface area contributed by atoms with Crippen LogP contribution in [0.4, 0.5) is 0 Å². The summed E-state index contributed by atoms with van der Waals surface area (Å²) in [5, 5.41) is 0. The van der Waals surface area contributed by atoms with E-state index in [0.29, 0.717) is 5.56 Å². The Bertz CT molecular complexity index is 288. The third-order valence-electron chi connectivity index (χ3n) is 1.33. The van der Waals surface area contributed by atoms with Crippen LogP contribution in [0.15, 0.2) is 29.2 Å². The second-order valence-electron chi connectivity index (χ2n) is 2.11. The molecule has 0 aliphatic carbocycles. The molecule has 0 atom stereocenters. The van der Waals surface area contributed by atoms with Crippen molar-refractivity contribution in [3.8, 4) is 0 Å². The molecule has 0 unspecified atom stereocenters. The van der Waals surface area contributed by atoms with Gasteiger partial charge in [0, 0.05) is 16.9 Å². The van der Waals surface area contributed by atoms with E-state index >= 15 is 0 Å². The Labute approximate surface area is 75.1 Å². The van der Waals surface area contributed by atoms with Crippen LogP contribution in [0, 0.1) is 0 Å². The summed E-state index contributed by atoms with van der Waals surface area (Å²) in [6.07, 6.45) is 0. The molecule has 12 heavy (non-hydrogen) atoms. The molecule has 1 amide bonds. The SMILES string of the molecule is COSc1ccccc1C(N)=O. The third kappa shape index (κ3) is 1.99. The van der Waals surface area contributed by atoms with Crippen molar-refractivity contribution >= 4 is 17.9 Å². The molecule has 64 valence electrons. The minimum Gasteiger partial charge on any atom is -0.366 e. The first kappa shape index (κ1) is 9.09. The highest BCUT2D eigenvalue weighted by Crippen LogP contribution is 2.21. The first-order valence-electron chi connectivity index (χ1n) is 3.35. The van der Waals surface area contributed by atoms with Crippen molar-refractivity contribution in [1.29, 1.82) is 0 Å². The van der Waals surface area contributed by atoms with Crippen molar-refractivity contribution in [3.05, 3.63) is 29.8 Å². The van der Waals surface area contributed by atoms with Gasteiger partial charge in [-0.25, -0.2) is 0 Å². The largest absolute Gasteiger partial charge is 0.366 e. The predicted octanol–water partition coefficient (Wildman–Crippen LogP) is 1.44. The van der Waals surface area contributed by atoms with E-state index in [2.05, 4.69) is 0 Å². The number of carbonyl (C=O) groups is 1. The lowest BCUT2D eigenvalue weighted by Gasteiger charge is -2.02. The Morgan fingerprint density at radius 2 is 2.17 bits per heavy atom. The van der Waals surface area contributed by atoms with Gasteiger partial charge in [-0.1, -0.05) is 12.1 Å². The molecule has 0 aromatic heterocycles. The summed E-state index contributed by atoms with van der Waals surface area (Å²) < 4.78 is 4.83. The van der Waals surface area contributed by atoms with Gasteiger partial charge in [-0.05, 0) is 12.1 Å². The van der Waals surface area contributed by atoms with Gasteiger partial charge in [0.15, 0.2) is 0 Å². The van der Waals surface area contributed by atoms with E-state index in [0.717, 1.165) is 16.9 Å². The lowest BCUT2D eigenvalue weighted by Crippen LogP contribution is -2.11. The molecule has 1 aromatic carbocycles. The molecule has 0 heterocycles. The van der Waals surface area contributed by atoms with Gasteiger partial charge in [-0.3, -0.25) is 4.79 Å². The molecule has 0 radical (unpaired) electrons. The highest BCUT2D eigenvalue weighted by molar-refractivity contribution is 7.94. The molecule has 0 bridgehead atoms. The Balaban J connectivity index is 3.00. The number of carbonyl (C=O) groups excluding carboxylic acids is 1. The summed E-state index contributed by atoms with van der Waals surface area (Å²) in [6, 6.07) is 7.05. The van der Waals surface area contributed by atoms with Crippen LogP contribution in [-0.4, -0.2) is 13.0 Å². The average molecular weight is 183 g/mol. The van der Waals surface area contributed by atoms with Crippen LogP contribution in [0.2, 0.25) is 0 Å². The van der Waals surface area contributed by atoms with Gasteiger partial charge >= 0.3 is 0 Å². The summed E-state index contributed by atoms with van der Waals surface area (Å²) in [6.45, 7) is 0. The summed E-state index contributed by atoms with van der Waals surface area (Å²) in [7, 11) is 1.54. The van der Waals surface area contributed by atoms with Crippen LogP contribution in [0.25, 0.3) is 0 Å². The minimum absolute atomic E-state index is 0.435. The Morgan fingerprint density at radius 1 is 1.50 bits per heavy atom. The van der Waals surface area contributed by atoms with Crippen molar-refractivity contribution in [3.63, 3.8) is 0 Å². The molecule has 4 heteroatoms. The number of nitrogens with two attached hydrogens (primary N) is 1. The molecule has 1 rings (SSSR count). The Kier molecular flexibility index (Phi) is 3.13. The normalized spacial score (nSPS) is 9.75. The third-order valence-corrected chi connectivity index (χ3v) is 2.03. The quantitative estimate of drug-likeness (QED) is 0.721. The van der Waals surface area contributed by atoms with Crippen molar-refractivity contribution in [2.24, 2.45) is 5.73 Å². The van der Waals surface area contributed by atoms with Crippen LogP contribution in [0.5, 0.6) is 0 Å². The first-order chi connectivity index (χ1) is 5.75. The molecule has 0 fully saturated rings. The lowest BCUT2D eigenvalue weighted by molar-refractivity contribution is 0.0997. The van der Waals surface area contributed by atoms with Crippen LogP contribution >= 0.6 is 12.0 Å². The maximum absolute atomic E-state index is 10.8. The van der Waals surface area contributed by atoms with Crippen molar-refractivity contribution in [1.82, 2.24) is 0 Å². The summed E-state index contributed by atoms with van der Waals surface area (Å²) >= 11 is 1.13. The molecular weight excluding hydrogens is 174 g/mol. The lowest BCUT2D eigenvalue weighted by atomic mass is 10.2. The summed E-state index contributed by atoms with van der Waals surface area (Å²) in [4.78, 5) is 11.6. The molecule has 1 aromatic rings. The molecule has 0 saturated carbocycles. The van der Waals surface area contributed by atoms with E-state index in [4.69, 9.17) is 9.92 Å². The van der Waals surface area contributed by atoms with E-state index in [1.807, 2.05) is 6.07 Å². The topological polar surface area (TPSA) is 52.3 Å². The number of benzene rings is 1. The Morgan fingerprint density at radius 3 is 2.75 bits per heavy atom. The molecule has 0 aliphatic heterocycles. The fraction of sp³-hybridized carbons (Fsp3) is 0.125. The van der Waals surface area contributed by atoms with Crippen molar-refractivity contribution in [2.75, 3.05) is 7.11 Å². The van der Waals surface area contributed by atoms with Crippen LogP contribution < -0.4 is 5.73 Å². The molecule has 2 N–H and O–H groups in total. The van der Waals surface area contributed by atoms with E-state index in [-0.39, 0.29) is 0 Å². The van der Waals surface area contributed by atoms with Crippen LogP contribution in [-0.2, 0) is 4.18 Å². The van der Waals surface area contributed by atoms with E-state index in [1.165, 1.54) is 0 Å². The number of primary amides is 1. The second-order valence-corrected chi connectivity index (χ2v) is 3.05. The standard InChI is InChI=1S/C8H9NO2S/c1-11-12-7-5-3-2-4-6(7)8(9)10/h2-5H,1H3,(H2,9,10). The van der Waals surface area contributed by atoms with Gasteiger partial charge in [-0.2, -0.15) is 0 Å². The monoisotopic (exact) mass is 183 g/mol. The number of hydrogen-bond acceptors (Lipinski definition) is 3. The fourth-order valence-corrected chi connectivity index (χ4v) is 1.40. The van der Waals surface area contributed by atoms with Crippen LogP contribution in [0.1, 0.15) is 10.4 Å². The smallest absolute Gasteiger partial charge is 0.249 e. The summed E-state index contributed by atoms with van der Waals surface area (Å²) in [5.74, 6) is -0.435. The second kappa shape index (κ2) is 4.13. The zero-order chi connectivity index (χ0) is 8.97. The molecule has 0 aliphatic rings. The maximum Gasteiger partial charge on any atom is 0.249 e. The van der Waals surface area contributed by atoms with Gasteiger partial charge in [0.25, 0.3) is 0 Å². The van der Waals surface area contributed by atoms with Gasteiger partial charge in [0.05, 0.1) is 12.7 Å². The van der Waals surface area contributed by atoms with Gasteiger partial charge in [0.1, 0.15) is 0 Å². The number of rotatable bonds is 3. The molecular formula is C8H9NO2S. The first-order valence-corrected chi connectivity index (χ1v) is 4.09. The zero-order valence-electron chi connectivity index (χ0n) is 6.61. The molecule has 3 nitrogen and oxygen atoms in total. The minimum atomic E-state index is -0.435. The highest BCUT2D eigenvalue weighted by atomic mass is 32.2. The van der Waals surface area contributed by atoms with Gasteiger partial charge in [-0.15, -0.1) is 0 Å². The fourth-order valence-electron chi connectivity index (χ4n) is 0.833. The van der Waals surface area contributed by atoms with Gasteiger partial charge in [0.2, 0.25) is 5.91 Å². The van der Waals surface area contributed by atoms with Gasteiger partial charge < -0.3 is 9.92 Å². The van der Waals surface area contributed by atoms with E-state index in [9.17, 15) is 4.79 Å². The van der Waals surface area contributed by atoms with Crippen molar-refractivity contribution < 1.29 is 8.98 Å². The highest BCUT2D eigenvalue weighted by Gasteiger charge is 2.06. The number of amides is 1. The predicted molar refractivity (Wildman–Crippen MR) is 47.8 cm³/mol. The van der Waals surface area contributed by atoms with Crippen molar-refractivity contribution in [2.45, 2.75) is 4.90 Å². The molecule has 0 spiro atoms. The molecule has 0 saturated heterocycles. The zero-order valence-corrected chi connectivity index (χ0v) is 7.43. The van der Waals surface area contributed by atoms with E-state index in [1.54, 1.807) is 25.3 Å².